The van der Waals surface area contributed by atoms with Gasteiger partial charge >= 0.3 is 0 Å². The third kappa shape index (κ3) is 3.06. The third-order valence-corrected chi connectivity index (χ3v) is 1.44. The summed E-state index contributed by atoms with van der Waals surface area (Å²) in [4.78, 5) is 4.02. The molecule has 0 aliphatic carbocycles. The minimum absolute atomic E-state index is 0. The lowest BCUT2D eigenvalue weighted by Crippen LogP contribution is -2.06. The number of hydrogen-bond acceptors (Lipinski definition) is 2. The predicted molar refractivity (Wildman–Crippen MR) is 49.1 cm³/mol. The summed E-state index contributed by atoms with van der Waals surface area (Å²) < 4.78 is 0. The molecule has 62 valence electrons. The highest BCUT2D eigenvalue weighted by molar-refractivity contribution is 6.30. The maximum Gasteiger partial charge on any atom is 0.0589 e. The molecule has 0 saturated heterocycles. The van der Waals surface area contributed by atoms with Crippen LogP contribution in [0.1, 0.15) is 18.7 Å². The molecule has 1 rings (SSSR count). The Bertz CT molecular complexity index is 208. The molecule has 1 atom stereocenters. The second-order valence-electron chi connectivity index (χ2n) is 2.19. The summed E-state index contributed by atoms with van der Waals surface area (Å²) >= 11 is 5.61. The van der Waals surface area contributed by atoms with Gasteiger partial charge in [0.15, 0.2) is 0 Å². The van der Waals surface area contributed by atoms with Crippen molar-refractivity contribution in [3.63, 3.8) is 0 Å². The zero-order valence-corrected chi connectivity index (χ0v) is 7.69. The maximum absolute atomic E-state index is 5.61. The van der Waals surface area contributed by atoms with Gasteiger partial charge in [0, 0.05) is 12.2 Å². The number of pyridine rings is 1. The van der Waals surface area contributed by atoms with Gasteiger partial charge in [-0.15, -0.1) is 12.4 Å². The van der Waals surface area contributed by atoms with Crippen LogP contribution in [0.3, 0.4) is 0 Å². The lowest BCUT2D eigenvalue weighted by Gasteiger charge is -2.02. The van der Waals surface area contributed by atoms with Crippen molar-refractivity contribution < 1.29 is 0 Å². The molecule has 0 aliphatic rings. The Morgan fingerprint density at radius 3 is 2.55 bits per heavy atom. The van der Waals surface area contributed by atoms with Crippen LogP contribution >= 0.6 is 24.0 Å². The molecule has 11 heavy (non-hydrogen) atoms. The zero-order valence-electron chi connectivity index (χ0n) is 6.12. The van der Waals surface area contributed by atoms with Gasteiger partial charge in [-0.25, -0.2) is 0 Å². The highest BCUT2D eigenvalue weighted by atomic mass is 35.5. The topological polar surface area (TPSA) is 38.9 Å². The number of halogens is 2. The molecule has 0 saturated carbocycles. The van der Waals surface area contributed by atoms with Crippen molar-refractivity contribution in [2.24, 2.45) is 5.73 Å². The predicted octanol–water partition coefficient (Wildman–Crippen LogP) is 2.18. The first-order valence-corrected chi connectivity index (χ1v) is 3.45. The minimum Gasteiger partial charge on any atom is -0.323 e. The highest BCUT2D eigenvalue weighted by Gasteiger charge is 1.98. The lowest BCUT2D eigenvalue weighted by atomic mass is 10.2. The van der Waals surface area contributed by atoms with Crippen LogP contribution < -0.4 is 5.73 Å². The maximum atomic E-state index is 5.61. The van der Waals surface area contributed by atoms with Gasteiger partial charge in [0.1, 0.15) is 0 Å². The second kappa shape index (κ2) is 4.54. The summed E-state index contributed by atoms with van der Waals surface area (Å²) in [6, 6.07) is 3.59. The molecule has 1 heterocycles. The summed E-state index contributed by atoms with van der Waals surface area (Å²) in [6.45, 7) is 1.89. The first-order valence-electron chi connectivity index (χ1n) is 3.07. The van der Waals surface area contributed by atoms with E-state index in [-0.39, 0.29) is 18.4 Å². The molecule has 0 unspecified atom stereocenters. The molecule has 0 radical (unpaired) electrons. The van der Waals surface area contributed by atoms with E-state index in [2.05, 4.69) is 4.98 Å². The average Bonchev–Trinajstić information content (AvgIpc) is 1.88. The molecule has 0 fully saturated rings. The van der Waals surface area contributed by atoms with Gasteiger partial charge in [-0.3, -0.25) is 4.98 Å². The van der Waals surface area contributed by atoms with Crippen LogP contribution in [-0.4, -0.2) is 4.98 Å². The Hall–Kier alpha value is -0.310. The van der Waals surface area contributed by atoms with E-state index in [9.17, 15) is 0 Å². The van der Waals surface area contributed by atoms with E-state index < -0.39 is 0 Å². The summed E-state index contributed by atoms with van der Waals surface area (Å²) in [5.74, 6) is 0. The summed E-state index contributed by atoms with van der Waals surface area (Å²) in [5, 5.41) is 0.643. The molecule has 2 N–H and O–H groups in total. The Kier molecular flexibility index (Phi) is 4.42. The Morgan fingerprint density at radius 1 is 1.55 bits per heavy atom. The van der Waals surface area contributed by atoms with E-state index >= 15 is 0 Å². The molecule has 1 aromatic rings. The third-order valence-electron chi connectivity index (χ3n) is 1.22. The van der Waals surface area contributed by atoms with E-state index in [0.29, 0.717) is 5.02 Å². The summed E-state index contributed by atoms with van der Waals surface area (Å²) in [6.07, 6.45) is 1.60. The van der Waals surface area contributed by atoms with Crippen LogP contribution in [0.15, 0.2) is 18.3 Å². The average molecular weight is 193 g/mol. The molecule has 4 heteroatoms. The Balaban J connectivity index is 0.000001000. The van der Waals surface area contributed by atoms with Crippen molar-refractivity contribution in [1.82, 2.24) is 4.98 Å². The molecule has 1 aromatic heterocycles. The molecular formula is C7H10Cl2N2. The minimum atomic E-state index is -0.0164. The lowest BCUT2D eigenvalue weighted by molar-refractivity contribution is 0.781. The van der Waals surface area contributed by atoms with Crippen LogP contribution in [0.25, 0.3) is 0 Å². The fraction of sp³-hybridized carbons (Fsp3) is 0.286. The fourth-order valence-corrected chi connectivity index (χ4v) is 0.768. The van der Waals surface area contributed by atoms with Gasteiger partial charge in [0.2, 0.25) is 0 Å². The zero-order chi connectivity index (χ0) is 7.56. The van der Waals surface area contributed by atoms with E-state index in [0.717, 1.165) is 5.69 Å². The van der Waals surface area contributed by atoms with Crippen LogP contribution in [0.5, 0.6) is 0 Å². The number of nitrogens with two attached hydrogens (primary N) is 1. The Labute approximate surface area is 77.2 Å². The van der Waals surface area contributed by atoms with Gasteiger partial charge in [0.25, 0.3) is 0 Å². The monoisotopic (exact) mass is 192 g/mol. The van der Waals surface area contributed by atoms with Crippen LogP contribution in [0.2, 0.25) is 5.02 Å². The summed E-state index contributed by atoms with van der Waals surface area (Å²) in [5.41, 5.74) is 6.42. The molecule has 0 bridgehead atoms. The molecule has 2 nitrogen and oxygen atoms in total. The molecular weight excluding hydrogens is 183 g/mol. The van der Waals surface area contributed by atoms with Gasteiger partial charge in [-0.2, -0.15) is 0 Å². The van der Waals surface area contributed by atoms with Crippen molar-refractivity contribution in [1.29, 1.82) is 0 Å². The number of aromatic nitrogens is 1. The molecule has 0 aliphatic heterocycles. The smallest absolute Gasteiger partial charge is 0.0589 e. The van der Waals surface area contributed by atoms with Crippen molar-refractivity contribution >= 4 is 24.0 Å². The quantitative estimate of drug-likeness (QED) is 0.742. The van der Waals surface area contributed by atoms with Gasteiger partial charge < -0.3 is 5.73 Å². The molecule has 0 aromatic carbocycles. The Morgan fingerprint density at radius 2 is 2.18 bits per heavy atom. The van der Waals surface area contributed by atoms with Crippen LogP contribution in [0.4, 0.5) is 0 Å². The van der Waals surface area contributed by atoms with Gasteiger partial charge in [0.05, 0.1) is 10.7 Å². The van der Waals surface area contributed by atoms with E-state index in [1.165, 1.54) is 0 Å². The fourth-order valence-electron chi connectivity index (χ4n) is 0.657. The standard InChI is InChI=1S/C7H9ClN2.ClH/c1-5(9)7-3-2-6(8)4-10-7;/h2-5H,9H2,1H3;1H/t5-;/m0./s1. The first kappa shape index (κ1) is 10.7. The van der Waals surface area contributed by atoms with Crippen molar-refractivity contribution in [2.75, 3.05) is 0 Å². The number of rotatable bonds is 1. The second-order valence-corrected chi connectivity index (χ2v) is 2.63. The van der Waals surface area contributed by atoms with Gasteiger partial charge in [-0.1, -0.05) is 11.6 Å². The molecule has 0 amide bonds. The van der Waals surface area contributed by atoms with E-state index in [1.54, 1.807) is 12.3 Å². The van der Waals surface area contributed by atoms with Crippen LogP contribution in [0, 0.1) is 0 Å². The van der Waals surface area contributed by atoms with E-state index in [4.69, 9.17) is 17.3 Å². The van der Waals surface area contributed by atoms with Gasteiger partial charge in [-0.05, 0) is 19.1 Å². The van der Waals surface area contributed by atoms with E-state index in [1.807, 2.05) is 13.0 Å². The largest absolute Gasteiger partial charge is 0.323 e. The number of hydrogen-bond donors (Lipinski definition) is 1. The van der Waals surface area contributed by atoms with Crippen molar-refractivity contribution in [2.45, 2.75) is 13.0 Å². The van der Waals surface area contributed by atoms with Crippen LogP contribution in [-0.2, 0) is 0 Å². The molecule has 0 spiro atoms. The number of nitrogens with zero attached hydrogens (tertiary/aromatic N) is 1. The first-order chi connectivity index (χ1) is 4.70. The summed E-state index contributed by atoms with van der Waals surface area (Å²) in [7, 11) is 0. The highest BCUT2D eigenvalue weighted by Crippen LogP contribution is 2.09. The SMILES string of the molecule is C[C@H](N)c1ccc(Cl)cn1.Cl. The normalized spacial score (nSPS) is 11.9. The van der Waals surface area contributed by atoms with Crippen molar-refractivity contribution in [3.8, 4) is 0 Å². The van der Waals surface area contributed by atoms with Crippen molar-refractivity contribution in [3.05, 3.63) is 29.0 Å².